The van der Waals surface area contributed by atoms with Crippen LogP contribution in [0, 0.1) is 20.8 Å². The normalized spacial score (nSPS) is 14.1. The molecule has 8 nitrogen and oxygen atoms in total. The smallest absolute Gasteiger partial charge is 0.227 e. The maximum Gasteiger partial charge on any atom is 0.227 e. The first-order valence-electron chi connectivity index (χ1n) is 11.8. The van der Waals surface area contributed by atoms with E-state index in [1.54, 1.807) is 0 Å². The summed E-state index contributed by atoms with van der Waals surface area (Å²) in [6.45, 7) is 13.3. The summed E-state index contributed by atoms with van der Waals surface area (Å²) in [6, 6.07) is 9.74. The second-order valence-corrected chi connectivity index (χ2v) is 9.16. The summed E-state index contributed by atoms with van der Waals surface area (Å²) in [5.74, 6) is 3.78. The maximum absolute atomic E-state index is 12.9. The lowest BCUT2D eigenvalue weighted by Crippen LogP contribution is -2.49. The minimum Gasteiger partial charge on any atom is -0.489 e. The van der Waals surface area contributed by atoms with Crippen LogP contribution in [0.25, 0.3) is 0 Å². The van der Waals surface area contributed by atoms with Gasteiger partial charge < -0.3 is 19.1 Å². The number of ether oxygens (including phenoxy) is 1. The molecule has 1 fully saturated rings. The van der Waals surface area contributed by atoms with Crippen LogP contribution >= 0.6 is 0 Å². The molecule has 180 valence electrons. The molecule has 34 heavy (non-hydrogen) atoms. The Hall–Kier alpha value is -3.42. The molecule has 1 amide bonds. The van der Waals surface area contributed by atoms with Gasteiger partial charge in [0.25, 0.3) is 0 Å². The number of hydrogen-bond acceptors (Lipinski definition) is 7. The molecule has 1 aliphatic rings. The van der Waals surface area contributed by atoms with Gasteiger partial charge in [-0.05, 0) is 38.5 Å². The maximum atomic E-state index is 12.9. The standard InChI is InChI=1S/C26H33N5O3/c1-17(2)26-27-18(3)14-24(28-26)30-10-12-31(13-11-30)25(32)15-21-6-8-22(9-7-21)33-16-23-19(4)29-34-20(23)5/h6-9,14,17H,10-13,15-16H2,1-5H3. The topological polar surface area (TPSA) is 84.6 Å². The van der Waals surface area contributed by atoms with Crippen LogP contribution in [-0.4, -0.2) is 52.1 Å². The van der Waals surface area contributed by atoms with E-state index >= 15 is 0 Å². The third-order valence-electron chi connectivity index (χ3n) is 6.17. The van der Waals surface area contributed by atoms with Crippen molar-refractivity contribution >= 4 is 11.7 Å². The molecule has 0 atom stereocenters. The van der Waals surface area contributed by atoms with Crippen LogP contribution in [-0.2, 0) is 17.8 Å². The van der Waals surface area contributed by atoms with Gasteiger partial charge >= 0.3 is 0 Å². The molecule has 0 bridgehead atoms. The van der Waals surface area contributed by atoms with Crippen LogP contribution in [0.5, 0.6) is 5.75 Å². The largest absolute Gasteiger partial charge is 0.489 e. The number of nitrogens with zero attached hydrogens (tertiary/aromatic N) is 5. The summed E-state index contributed by atoms with van der Waals surface area (Å²) in [6.07, 6.45) is 0.383. The molecule has 3 heterocycles. The summed E-state index contributed by atoms with van der Waals surface area (Å²) < 4.78 is 11.0. The summed E-state index contributed by atoms with van der Waals surface area (Å²) in [5, 5.41) is 3.95. The van der Waals surface area contributed by atoms with Gasteiger partial charge in [-0.3, -0.25) is 4.79 Å². The third-order valence-corrected chi connectivity index (χ3v) is 6.17. The highest BCUT2D eigenvalue weighted by atomic mass is 16.5. The molecular weight excluding hydrogens is 430 g/mol. The van der Waals surface area contributed by atoms with Gasteiger partial charge in [0.05, 0.1) is 17.7 Å². The zero-order chi connectivity index (χ0) is 24.2. The van der Waals surface area contributed by atoms with Gasteiger partial charge in [-0.1, -0.05) is 31.1 Å². The molecular formula is C26H33N5O3. The average Bonchev–Trinajstić information content (AvgIpc) is 3.15. The predicted molar refractivity (Wildman–Crippen MR) is 130 cm³/mol. The van der Waals surface area contributed by atoms with Gasteiger partial charge in [-0.25, -0.2) is 9.97 Å². The van der Waals surface area contributed by atoms with Crippen molar-refractivity contribution in [2.75, 3.05) is 31.1 Å². The van der Waals surface area contributed by atoms with Crippen LogP contribution < -0.4 is 9.64 Å². The summed E-state index contributed by atoms with van der Waals surface area (Å²) >= 11 is 0. The number of aromatic nitrogens is 3. The number of aryl methyl sites for hydroxylation is 3. The molecule has 0 saturated carbocycles. The molecule has 8 heteroatoms. The zero-order valence-electron chi connectivity index (χ0n) is 20.7. The fraction of sp³-hybridized carbons (Fsp3) is 0.462. The first-order valence-corrected chi connectivity index (χ1v) is 11.8. The van der Waals surface area contributed by atoms with Crippen molar-refractivity contribution in [3.05, 3.63) is 64.4 Å². The molecule has 1 aliphatic heterocycles. The van der Waals surface area contributed by atoms with E-state index in [-0.39, 0.29) is 11.8 Å². The van der Waals surface area contributed by atoms with Crippen LogP contribution in [0.3, 0.4) is 0 Å². The first kappa shape index (κ1) is 23.7. The number of piperazine rings is 1. The average molecular weight is 464 g/mol. The van der Waals surface area contributed by atoms with E-state index in [4.69, 9.17) is 14.2 Å². The molecule has 2 aromatic heterocycles. The van der Waals surface area contributed by atoms with Crippen molar-refractivity contribution < 1.29 is 14.1 Å². The lowest BCUT2D eigenvalue weighted by Gasteiger charge is -2.35. The lowest BCUT2D eigenvalue weighted by atomic mass is 10.1. The number of benzene rings is 1. The SMILES string of the molecule is Cc1cc(N2CCN(C(=O)Cc3ccc(OCc4c(C)noc4C)cc3)CC2)nc(C(C)C)n1. The van der Waals surface area contributed by atoms with Gasteiger partial charge in [0, 0.05) is 43.9 Å². The Balaban J connectivity index is 1.28. The summed E-state index contributed by atoms with van der Waals surface area (Å²) in [7, 11) is 0. The minimum absolute atomic E-state index is 0.144. The highest BCUT2D eigenvalue weighted by Gasteiger charge is 2.23. The molecule has 3 aromatic rings. The Labute approximate surface area is 200 Å². The summed E-state index contributed by atoms with van der Waals surface area (Å²) in [4.78, 5) is 26.3. The van der Waals surface area contributed by atoms with Crippen molar-refractivity contribution in [3.63, 3.8) is 0 Å². The minimum atomic E-state index is 0.144. The van der Waals surface area contributed by atoms with E-state index in [2.05, 4.69) is 28.9 Å². The van der Waals surface area contributed by atoms with Crippen LogP contribution in [0.1, 0.15) is 53.9 Å². The van der Waals surface area contributed by atoms with Gasteiger partial charge in [-0.15, -0.1) is 0 Å². The summed E-state index contributed by atoms with van der Waals surface area (Å²) in [5.41, 5.74) is 3.77. The molecule has 0 radical (unpaired) electrons. The Morgan fingerprint density at radius 2 is 1.76 bits per heavy atom. The van der Waals surface area contributed by atoms with Crippen LogP contribution in [0.2, 0.25) is 0 Å². The highest BCUT2D eigenvalue weighted by molar-refractivity contribution is 5.79. The van der Waals surface area contributed by atoms with E-state index in [1.807, 2.05) is 56.0 Å². The highest BCUT2D eigenvalue weighted by Crippen LogP contribution is 2.20. The van der Waals surface area contributed by atoms with E-state index < -0.39 is 0 Å². The van der Waals surface area contributed by atoms with Gasteiger partial charge in [0.15, 0.2) is 0 Å². The van der Waals surface area contributed by atoms with Crippen molar-refractivity contribution in [3.8, 4) is 5.75 Å². The fourth-order valence-electron chi connectivity index (χ4n) is 4.03. The Morgan fingerprint density at radius 3 is 2.38 bits per heavy atom. The van der Waals surface area contributed by atoms with Crippen LogP contribution in [0.15, 0.2) is 34.9 Å². The fourth-order valence-corrected chi connectivity index (χ4v) is 4.03. The van der Waals surface area contributed by atoms with Gasteiger partial charge in [0.1, 0.15) is 29.8 Å². The zero-order valence-corrected chi connectivity index (χ0v) is 20.7. The molecule has 1 saturated heterocycles. The monoisotopic (exact) mass is 463 g/mol. The van der Waals surface area contributed by atoms with E-state index in [9.17, 15) is 4.79 Å². The second-order valence-electron chi connectivity index (χ2n) is 9.16. The lowest BCUT2D eigenvalue weighted by molar-refractivity contribution is -0.130. The second kappa shape index (κ2) is 10.2. The molecule has 0 aliphatic carbocycles. The number of carbonyl (C=O) groups excluding carboxylic acids is 1. The number of rotatable bonds is 7. The van der Waals surface area contributed by atoms with E-state index in [1.165, 1.54) is 0 Å². The van der Waals surface area contributed by atoms with Gasteiger partial charge in [-0.2, -0.15) is 0 Å². The number of anilines is 1. The number of amides is 1. The molecule has 0 spiro atoms. The van der Waals surface area contributed by atoms with Crippen LogP contribution in [0.4, 0.5) is 5.82 Å². The third kappa shape index (κ3) is 5.55. The molecule has 0 unspecified atom stereocenters. The van der Waals surface area contributed by atoms with Crippen molar-refractivity contribution in [2.24, 2.45) is 0 Å². The molecule has 0 N–H and O–H groups in total. The molecule has 1 aromatic carbocycles. The Morgan fingerprint density at radius 1 is 1.06 bits per heavy atom. The first-order chi connectivity index (χ1) is 16.3. The van der Waals surface area contributed by atoms with Crippen molar-refractivity contribution in [1.82, 2.24) is 20.0 Å². The van der Waals surface area contributed by atoms with Gasteiger partial charge in [0.2, 0.25) is 5.91 Å². The number of carbonyl (C=O) groups is 1. The molecule has 4 rings (SSSR count). The van der Waals surface area contributed by atoms with E-state index in [0.717, 1.165) is 58.8 Å². The predicted octanol–water partition coefficient (Wildman–Crippen LogP) is 3.98. The number of hydrogen-bond donors (Lipinski definition) is 0. The Bertz CT molecular complexity index is 1110. The quantitative estimate of drug-likeness (QED) is 0.524. The van der Waals surface area contributed by atoms with Crippen molar-refractivity contribution in [2.45, 2.75) is 53.6 Å². The Kier molecular flexibility index (Phi) is 7.14. The van der Waals surface area contributed by atoms with E-state index in [0.29, 0.717) is 26.1 Å². The van der Waals surface area contributed by atoms with Crippen molar-refractivity contribution in [1.29, 1.82) is 0 Å².